The summed E-state index contributed by atoms with van der Waals surface area (Å²) < 4.78 is 21.3. The van der Waals surface area contributed by atoms with Gasteiger partial charge in [-0.2, -0.15) is 0 Å². The molecule has 0 fully saturated rings. The van der Waals surface area contributed by atoms with Crippen molar-refractivity contribution in [1.29, 1.82) is 0 Å². The number of carbonyl (C=O) groups is 1. The molecule has 0 atom stereocenters. The summed E-state index contributed by atoms with van der Waals surface area (Å²) in [7, 11) is -3.59. The number of carboxylic acid groups (broad SMARTS) is 1. The Morgan fingerprint density at radius 3 is 2.10 bits per heavy atom. The Balaban J connectivity index is 4.46. The standard InChI is InChI=1S/C5H8O4S/c1-4(2)10(8,9)3-5(6)7/h1,3H2,2H3,(H,6,7). The second kappa shape index (κ2) is 2.83. The van der Waals surface area contributed by atoms with Gasteiger partial charge in [-0.3, -0.25) is 4.79 Å². The van der Waals surface area contributed by atoms with Crippen LogP contribution in [0.25, 0.3) is 0 Å². The molecule has 0 radical (unpaired) electrons. The van der Waals surface area contributed by atoms with Crippen LogP contribution in [0.5, 0.6) is 0 Å². The molecular formula is C5H8O4S. The molecule has 0 saturated carbocycles. The minimum atomic E-state index is -3.59. The summed E-state index contributed by atoms with van der Waals surface area (Å²) in [5.74, 6) is -2.23. The van der Waals surface area contributed by atoms with Gasteiger partial charge in [0.25, 0.3) is 0 Å². The molecule has 0 spiro atoms. The third-order valence-corrected chi connectivity index (χ3v) is 2.53. The van der Waals surface area contributed by atoms with Crippen LogP contribution in [0.15, 0.2) is 11.5 Å². The largest absolute Gasteiger partial charge is 0.480 e. The van der Waals surface area contributed by atoms with Gasteiger partial charge in [0.1, 0.15) is 0 Å². The molecule has 0 aliphatic carbocycles. The Kier molecular flexibility index (Phi) is 2.59. The number of allylic oxidation sites excluding steroid dienone is 1. The van der Waals surface area contributed by atoms with Crippen LogP contribution in [0.1, 0.15) is 6.92 Å². The number of carboxylic acids is 1. The lowest BCUT2D eigenvalue weighted by atomic mass is 10.8. The number of hydrogen-bond acceptors (Lipinski definition) is 3. The van der Waals surface area contributed by atoms with Crippen LogP contribution >= 0.6 is 0 Å². The van der Waals surface area contributed by atoms with Crippen LogP contribution < -0.4 is 0 Å². The monoisotopic (exact) mass is 164 g/mol. The Morgan fingerprint density at radius 2 is 2.00 bits per heavy atom. The van der Waals surface area contributed by atoms with Gasteiger partial charge in [-0.25, -0.2) is 8.42 Å². The van der Waals surface area contributed by atoms with Crippen molar-refractivity contribution in [3.63, 3.8) is 0 Å². The molecule has 58 valence electrons. The van der Waals surface area contributed by atoms with Crippen molar-refractivity contribution < 1.29 is 18.3 Å². The lowest BCUT2D eigenvalue weighted by Gasteiger charge is -1.96. The highest BCUT2D eigenvalue weighted by molar-refractivity contribution is 7.95. The molecule has 0 aromatic heterocycles. The van der Waals surface area contributed by atoms with Crippen molar-refractivity contribution >= 4 is 15.8 Å². The van der Waals surface area contributed by atoms with E-state index in [2.05, 4.69) is 6.58 Å². The zero-order valence-corrected chi connectivity index (χ0v) is 6.31. The molecule has 0 unspecified atom stereocenters. The van der Waals surface area contributed by atoms with Crippen molar-refractivity contribution in [3.8, 4) is 0 Å². The van der Waals surface area contributed by atoms with Crippen LogP contribution in [0.4, 0.5) is 0 Å². The predicted octanol–water partition coefficient (Wildman–Crippen LogP) is 0.0194. The fraction of sp³-hybridized carbons (Fsp3) is 0.400. The first-order valence-electron chi connectivity index (χ1n) is 2.46. The topological polar surface area (TPSA) is 71.4 Å². The molecule has 0 aromatic rings. The zero-order valence-electron chi connectivity index (χ0n) is 5.49. The molecule has 0 bridgehead atoms. The molecule has 1 N–H and O–H groups in total. The summed E-state index contributed by atoms with van der Waals surface area (Å²) in [6.45, 7) is 4.39. The normalized spacial score (nSPS) is 10.9. The Morgan fingerprint density at radius 1 is 1.60 bits per heavy atom. The number of aliphatic carboxylic acids is 1. The van der Waals surface area contributed by atoms with Gasteiger partial charge in [0.05, 0.1) is 0 Å². The second-order valence-corrected chi connectivity index (χ2v) is 4.07. The van der Waals surface area contributed by atoms with E-state index in [9.17, 15) is 13.2 Å². The molecule has 10 heavy (non-hydrogen) atoms. The maximum absolute atomic E-state index is 10.7. The Labute approximate surface area is 59.1 Å². The van der Waals surface area contributed by atoms with E-state index in [0.29, 0.717) is 0 Å². The first-order chi connectivity index (χ1) is 4.36. The lowest BCUT2D eigenvalue weighted by molar-refractivity contribution is -0.134. The van der Waals surface area contributed by atoms with Crippen LogP contribution in [0.3, 0.4) is 0 Å². The highest BCUT2D eigenvalue weighted by Gasteiger charge is 2.15. The van der Waals surface area contributed by atoms with Gasteiger partial charge in [-0.05, 0) is 6.92 Å². The first-order valence-corrected chi connectivity index (χ1v) is 4.11. The molecule has 0 heterocycles. The van der Waals surface area contributed by atoms with Gasteiger partial charge in [-0.1, -0.05) is 6.58 Å². The van der Waals surface area contributed by atoms with E-state index < -0.39 is 21.6 Å². The van der Waals surface area contributed by atoms with Gasteiger partial charge < -0.3 is 5.11 Å². The summed E-state index contributed by atoms with van der Waals surface area (Å²) in [4.78, 5) is 9.78. The summed E-state index contributed by atoms with van der Waals surface area (Å²) >= 11 is 0. The van der Waals surface area contributed by atoms with E-state index in [0.717, 1.165) is 0 Å². The SMILES string of the molecule is C=C(C)S(=O)(=O)CC(=O)O. The van der Waals surface area contributed by atoms with Crippen LogP contribution in [0, 0.1) is 0 Å². The maximum atomic E-state index is 10.7. The van der Waals surface area contributed by atoms with E-state index >= 15 is 0 Å². The fourth-order valence-corrected chi connectivity index (χ4v) is 0.857. The molecule has 0 aliphatic rings. The average Bonchev–Trinajstić information content (AvgIpc) is 1.60. The van der Waals surface area contributed by atoms with Gasteiger partial charge in [-0.15, -0.1) is 0 Å². The quantitative estimate of drug-likeness (QED) is 0.638. The van der Waals surface area contributed by atoms with Crippen molar-refractivity contribution in [2.75, 3.05) is 5.75 Å². The van der Waals surface area contributed by atoms with Crippen molar-refractivity contribution in [2.24, 2.45) is 0 Å². The first kappa shape index (κ1) is 9.16. The average molecular weight is 164 g/mol. The van der Waals surface area contributed by atoms with Crippen molar-refractivity contribution in [2.45, 2.75) is 6.92 Å². The molecule has 0 aromatic carbocycles. The summed E-state index contributed by atoms with van der Waals surface area (Å²) in [6, 6.07) is 0. The van der Waals surface area contributed by atoms with E-state index in [-0.39, 0.29) is 4.91 Å². The number of sulfone groups is 1. The van der Waals surface area contributed by atoms with Gasteiger partial charge >= 0.3 is 5.97 Å². The zero-order chi connectivity index (χ0) is 8.36. The van der Waals surface area contributed by atoms with E-state index in [4.69, 9.17) is 5.11 Å². The second-order valence-electron chi connectivity index (χ2n) is 1.85. The molecule has 0 aliphatic heterocycles. The minimum absolute atomic E-state index is 0.116. The van der Waals surface area contributed by atoms with Crippen LogP contribution in [0.2, 0.25) is 0 Å². The molecule has 5 heteroatoms. The molecule has 0 rings (SSSR count). The van der Waals surface area contributed by atoms with Crippen LogP contribution in [-0.2, 0) is 14.6 Å². The number of rotatable bonds is 3. The molecule has 0 saturated heterocycles. The highest BCUT2D eigenvalue weighted by atomic mass is 32.2. The maximum Gasteiger partial charge on any atom is 0.319 e. The molecular weight excluding hydrogens is 156 g/mol. The van der Waals surface area contributed by atoms with Gasteiger partial charge in [0, 0.05) is 4.91 Å². The van der Waals surface area contributed by atoms with Gasteiger partial charge in [0.15, 0.2) is 15.6 Å². The Bertz CT molecular complexity index is 249. The fourth-order valence-electron chi connectivity index (χ4n) is 0.286. The third-order valence-electron chi connectivity index (χ3n) is 0.844. The molecule has 4 nitrogen and oxygen atoms in total. The summed E-state index contributed by atoms with van der Waals surface area (Å²) in [5.41, 5.74) is 0. The summed E-state index contributed by atoms with van der Waals surface area (Å²) in [6.07, 6.45) is 0. The van der Waals surface area contributed by atoms with E-state index in [1.165, 1.54) is 6.92 Å². The smallest absolute Gasteiger partial charge is 0.319 e. The lowest BCUT2D eigenvalue weighted by Crippen LogP contribution is -2.14. The predicted molar refractivity (Wildman–Crippen MR) is 36.2 cm³/mol. The summed E-state index contributed by atoms with van der Waals surface area (Å²) in [5, 5.41) is 8.08. The highest BCUT2D eigenvalue weighted by Crippen LogP contribution is 2.01. The third kappa shape index (κ3) is 2.63. The van der Waals surface area contributed by atoms with Crippen molar-refractivity contribution in [3.05, 3.63) is 11.5 Å². The molecule has 0 amide bonds. The minimum Gasteiger partial charge on any atom is -0.480 e. The Hall–Kier alpha value is -0.840. The van der Waals surface area contributed by atoms with Crippen molar-refractivity contribution in [1.82, 2.24) is 0 Å². The van der Waals surface area contributed by atoms with E-state index in [1.807, 2.05) is 0 Å². The number of hydrogen-bond donors (Lipinski definition) is 1. The van der Waals surface area contributed by atoms with Gasteiger partial charge in [0.2, 0.25) is 0 Å². The van der Waals surface area contributed by atoms with Crippen LogP contribution in [-0.4, -0.2) is 25.2 Å². The van der Waals surface area contributed by atoms with E-state index in [1.54, 1.807) is 0 Å².